The molecule has 8 aromatic carbocycles. The van der Waals surface area contributed by atoms with Gasteiger partial charge < -0.3 is 8.98 Å². The van der Waals surface area contributed by atoms with Crippen molar-refractivity contribution in [2.75, 3.05) is 0 Å². The summed E-state index contributed by atoms with van der Waals surface area (Å²) in [6.07, 6.45) is 0. The van der Waals surface area contributed by atoms with Crippen LogP contribution in [-0.2, 0) is 0 Å². The molecule has 0 amide bonds. The van der Waals surface area contributed by atoms with E-state index in [-0.39, 0.29) is 0 Å². The van der Waals surface area contributed by atoms with Gasteiger partial charge in [-0.15, -0.1) is 11.3 Å². The lowest BCUT2D eigenvalue weighted by molar-refractivity contribution is 0.666. The van der Waals surface area contributed by atoms with Crippen LogP contribution < -0.4 is 0 Å². The second-order valence-corrected chi connectivity index (χ2v) is 15.5. The SMILES string of the molecule is c1ccc(-c2nc(-c3ccccc3)nc(-c3ccc4c(c3)sc3cc(-c5ccc6c(c5)oc5c(-n7c8ccccc8c8ccccc87)cccc56)ccc34)n2)cc1. The highest BCUT2D eigenvalue weighted by molar-refractivity contribution is 7.25. The Morgan fingerprint density at radius 2 is 0.860 bits per heavy atom. The van der Waals surface area contributed by atoms with E-state index < -0.39 is 0 Å². The second-order valence-electron chi connectivity index (χ2n) is 14.4. The fraction of sp³-hybridized carbons (Fsp3) is 0. The van der Waals surface area contributed by atoms with E-state index in [1.807, 2.05) is 60.7 Å². The van der Waals surface area contributed by atoms with Gasteiger partial charge in [-0.05, 0) is 53.6 Å². The van der Waals surface area contributed by atoms with Gasteiger partial charge in [0.2, 0.25) is 0 Å². The summed E-state index contributed by atoms with van der Waals surface area (Å²) in [5, 5.41) is 7.13. The molecule has 0 spiro atoms. The topological polar surface area (TPSA) is 56.7 Å². The number of benzene rings is 8. The normalized spacial score (nSPS) is 11.9. The molecular formula is C51H30N4OS. The van der Waals surface area contributed by atoms with Gasteiger partial charge in [0.05, 0.1) is 16.7 Å². The minimum absolute atomic E-state index is 0.656. The molecule has 0 bridgehead atoms. The molecule has 0 saturated heterocycles. The molecule has 0 aliphatic rings. The van der Waals surface area contributed by atoms with E-state index in [2.05, 4.69) is 126 Å². The largest absolute Gasteiger partial charge is 0.454 e. The van der Waals surface area contributed by atoms with Crippen molar-refractivity contribution in [3.8, 4) is 51.0 Å². The van der Waals surface area contributed by atoms with Crippen LogP contribution in [0.2, 0.25) is 0 Å². The van der Waals surface area contributed by atoms with E-state index in [0.717, 1.165) is 55.4 Å². The lowest BCUT2D eigenvalue weighted by Crippen LogP contribution is -1.99. The molecule has 266 valence electrons. The molecule has 12 rings (SSSR count). The number of rotatable bonds is 5. The summed E-state index contributed by atoms with van der Waals surface area (Å²) in [5.41, 5.74) is 10.3. The fourth-order valence-electron chi connectivity index (χ4n) is 8.35. The highest BCUT2D eigenvalue weighted by atomic mass is 32.1. The van der Waals surface area contributed by atoms with Crippen molar-refractivity contribution in [3.05, 3.63) is 182 Å². The van der Waals surface area contributed by atoms with Crippen molar-refractivity contribution < 1.29 is 4.42 Å². The zero-order chi connectivity index (χ0) is 37.5. The molecule has 0 aliphatic heterocycles. The molecule has 0 saturated carbocycles. The molecule has 6 heteroatoms. The summed E-state index contributed by atoms with van der Waals surface area (Å²) in [7, 11) is 0. The van der Waals surface area contributed by atoms with E-state index in [9.17, 15) is 0 Å². The van der Waals surface area contributed by atoms with Gasteiger partial charge in [0.1, 0.15) is 5.58 Å². The van der Waals surface area contributed by atoms with Crippen molar-refractivity contribution in [1.82, 2.24) is 19.5 Å². The predicted octanol–water partition coefficient (Wildman–Crippen LogP) is 13.9. The number of hydrogen-bond donors (Lipinski definition) is 0. The third-order valence-corrected chi connectivity index (χ3v) is 12.2. The van der Waals surface area contributed by atoms with E-state index >= 15 is 0 Å². The Labute approximate surface area is 330 Å². The molecular weight excluding hydrogens is 717 g/mol. The lowest BCUT2D eigenvalue weighted by atomic mass is 10.0. The first-order valence-corrected chi connectivity index (χ1v) is 19.8. The van der Waals surface area contributed by atoms with Gasteiger partial charge in [0.15, 0.2) is 23.1 Å². The lowest BCUT2D eigenvalue weighted by Gasteiger charge is -2.08. The minimum atomic E-state index is 0.656. The number of fused-ring (bicyclic) bond motifs is 9. The number of furan rings is 1. The number of nitrogens with zero attached hydrogens (tertiary/aromatic N) is 4. The molecule has 4 heterocycles. The van der Waals surface area contributed by atoms with Gasteiger partial charge in [-0.2, -0.15) is 0 Å². The Hall–Kier alpha value is -7.41. The third kappa shape index (κ3) is 5.12. The Balaban J connectivity index is 0.944. The van der Waals surface area contributed by atoms with E-state index in [1.54, 1.807) is 11.3 Å². The van der Waals surface area contributed by atoms with Crippen LogP contribution in [0.4, 0.5) is 0 Å². The van der Waals surface area contributed by atoms with E-state index in [1.165, 1.54) is 42.0 Å². The summed E-state index contributed by atoms with van der Waals surface area (Å²) in [4.78, 5) is 14.8. The van der Waals surface area contributed by atoms with Crippen LogP contribution in [0.25, 0.3) is 115 Å². The molecule has 5 nitrogen and oxygen atoms in total. The highest BCUT2D eigenvalue weighted by Crippen LogP contribution is 2.41. The fourth-order valence-corrected chi connectivity index (χ4v) is 9.54. The van der Waals surface area contributed by atoms with Gasteiger partial charge in [0.25, 0.3) is 0 Å². The van der Waals surface area contributed by atoms with Gasteiger partial charge in [-0.25, -0.2) is 15.0 Å². The molecule has 0 radical (unpaired) electrons. The molecule has 0 aliphatic carbocycles. The molecule has 57 heavy (non-hydrogen) atoms. The number of para-hydroxylation sites is 3. The average Bonchev–Trinajstić information content (AvgIpc) is 3.95. The van der Waals surface area contributed by atoms with Crippen molar-refractivity contribution in [1.29, 1.82) is 0 Å². The van der Waals surface area contributed by atoms with Gasteiger partial charge in [-0.3, -0.25) is 0 Å². The first kappa shape index (κ1) is 31.9. The van der Waals surface area contributed by atoms with Crippen molar-refractivity contribution in [3.63, 3.8) is 0 Å². The minimum Gasteiger partial charge on any atom is -0.454 e. The summed E-state index contributed by atoms with van der Waals surface area (Å²) in [5.74, 6) is 1.97. The van der Waals surface area contributed by atoms with Gasteiger partial charge in [0, 0.05) is 58.4 Å². The van der Waals surface area contributed by atoms with E-state index in [0.29, 0.717) is 17.5 Å². The third-order valence-electron chi connectivity index (χ3n) is 11.1. The number of aromatic nitrogens is 4. The average molecular weight is 747 g/mol. The first-order chi connectivity index (χ1) is 28.2. The standard InChI is InChI=1S/C51H30N4OS/c1-3-12-31(13-4-1)49-52-50(32-14-5-2-6-15-32)54-51(53-49)35-24-27-40-39-26-23-34(29-46(39)57-47(40)30-35)33-22-25-38-41-18-11-21-44(48(41)56-45(38)28-33)55-42-19-9-7-16-36(42)37-17-8-10-20-43(37)55/h1-30H. The van der Waals surface area contributed by atoms with Gasteiger partial charge in [-0.1, -0.05) is 140 Å². The Bertz CT molecular complexity index is 3420. The van der Waals surface area contributed by atoms with Crippen LogP contribution in [0.3, 0.4) is 0 Å². The van der Waals surface area contributed by atoms with Gasteiger partial charge >= 0.3 is 0 Å². The maximum atomic E-state index is 6.80. The van der Waals surface area contributed by atoms with Crippen LogP contribution in [0.15, 0.2) is 186 Å². The maximum absolute atomic E-state index is 6.80. The smallest absolute Gasteiger partial charge is 0.164 e. The zero-order valence-electron chi connectivity index (χ0n) is 30.4. The number of thiophene rings is 1. The Kier molecular flexibility index (Phi) is 7.03. The summed E-state index contributed by atoms with van der Waals surface area (Å²) >= 11 is 1.79. The van der Waals surface area contributed by atoms with Crippen molar-refractivity contribution >= 4 is 75.3 Å². The molecule has 0 unspecified atom stereocenters. The van der Waals surface area contributed by atoms with Crippen LogP contribution >= 0.6 is 11.3 Å². The van der Waals surface area contributed by atoms with Crippen LogP contribution in [-0.4, -0.2) is 19.5 Å². The van der Waals surface area contributed by atoms with Crippen molar-refractivity contribution in [2.24, 2.45) is 0 Å². The maximum Gasteiger partial charge on any atom is 0.164 e. The monoisotopic (exact) mass is 746 g/mol. The van der Waals surface area contributed by atoms with E-state index in [4.69, 9.17) is 19.4 Å². The molecule has 0 N–H and O–H groups in total. The summed E-state index contributed by atoms with van der Waals surface area (Å²) < 4.78 is 11.5. The summed E-state index contributed by atoms with van der Waals surface area (Å²) in [6.45, 7) is 0. The summed E-state index contributed by atoms with van der Waals surface area (Å²) in [6, 6.07) is 63.8. The Morgan fingerprint density at radius 3 is 1.49 bits per heavy atom. The predicted molar refractivity (Wildman–Crippen MR) is 236 cm³/mol. The Morgan fingerprint density at radius 1 is 0.368 bits per heavy atom. The van der Waals surface area contributed by atoms with Crippen LogP contribution in [0.1, 0.15) is 0 Å². The number of hydrogen-bond acceptors (Lipinski definition) is 5. The molecule has 4 aromatic heterocycles. The highest BCUT2D eigenvalue weighted by Gasteiger charge is 2.19. The molecule has 0 atom stereocenters. The van der Waals surface area contributed by atoms with Crippen LogP contribution in [0, 0.1) is 0 Å². The molecule has 0 fully saturated rings. The van der Waals surface area contributed by atoms with Crippen molar-refractivity contribution in [2.45, 2.75) is 0 Å². The zero-order valence-corrected chi connectivity index (χ0v) is 31.2. The molecule has 12 aromatic rings. The first-order valence-electron chi connectivity index (χ1n) is 19.0. The van der Waals surface area contributed by atoms with Crippen LogP contribution in [0.5, 0.6) is 0 Å². The quantitative estimate of drug-likeness (QED) is 0.176. The second kappa shape index (κ2) is 12.6.